The summed E-state index contributed by atoms with van der Waals surface area (Å²) in [5, 5.41) is 5.48. The summed E-state index contributed by atoms with van der Waals surface area (Å²) in [6.07, 6.45) is -0.569. The lowest BCUT2D eigenvalue weighted by Crippen LogP contribution is -3.11. The summed E-state index contributed by atoms with van der Waals surface area (Å²) in [4.78, 5) is 26.9. The molecule has 1 heterocycles. The number of nitrogens with zero attached hydrogens (tertiary/aromatic N) is 1. The van der Waals surface area contributed by atoms with Crippen molar-refractivity contribution in [3.05, 3.63) is 23.8 Å². The van der Waals surface area contributed by atoms with E-state index >= 15 is 0 Å². The van der Waals surface area contributed by atoms with Gasteiger partial charge in [0, 0.05) is 19.1 Å². The zero-order valence-electron chi connectivity index (χ0n) is 15.9. The second-order valence-corrected chi connectivity index (χ2v) is 7.62. The zero-order chi connectivity index (χ0) is 20.3. The van der Waals surface area contributed by atoms with E-state index in [1.807, 2.05) is 4.90 Å². The highest BCUT2D eigenvalue weighted by Crippen LogP contribution is 2.36. The minimum absolute atomic E-state index is 0.00618. The number of alkyl halides is 3. The fourth-order valence-electron chi connectivity index (χ4n) is 3.36. The Bertz CT molecular complexity index is 728. The van der Waals surface area contributed by atoms with Crippen molar-refractivity contribution in [2.45, 2.75) is 37.9 Å². The van der Waals surface area contributed by atoms with Crippen molar-refractivity contribution in [2.24, 2.45) is 0 Å². The molecule has 0 bridgehead atoms. The van der Waals surface area contributed by atoms with Crippen molar-refractivity contribution in [3.8, 4) is 0 Å². The molecule has 154 valence electrons. The normalized spacial score (nSPS) is 18.1. The number of likely N-dealkylation sites (N-methyl/N-ethyl adjacent to an activating group) is 1. The molecule has 1 unspecified atom stereocenters. The predicted octanol–water partition coefficient (Wildman–Crippen LogP) is 1.04. The number of benzene rings is 1. The van der Waals surface area contributed by atoms with Crippen LogP contribution in [0.5, 0.6) is 0 Å². The predicted molar refractivity (Wildman–Crippen MR) is 99.3 cm³/mol. The summed E-state index contributed by atoms with van der Waals surface area (Å²) in [5.41, 5.74) is -0.0322. The number of rotatable bonds is 7. The topological polar surface area (TPSA) is 65.9 Å². The quantitative estimate of drug-likeness (QED) is 0.642. The minimum atomic E-state index is -4.48. The Labute approximate surface area is 162 Å². The number of hydrogen-bond acceptors (Lipinski definition) is 3. The first-order valence-corrected chi connectivity index (χ1v) is 9.59. The van der Waals surface area contributed by atoms with E-state index in [1.54, 1.807) is 7.05 Å². The van der Waals surface area contributed by atoms with E-state index in [-0.39, 0.29) is 30.7 Å². The van der Waals surface area contributed by atoms with Crippen LogP contribution in [0.25, 0.3) is 0 Å². The van der Waals surface area contributed by atoms with Gasteiger partial charge in [0.15, 0.2) is 13.1 Å². The molecule has 6 nitrogen and oxygen atoms in total. The third-order valence-electron chi connectivity index (χ3n) is 4.91. The highest BCUT2D eigenvalue weighted by molar-refractivity contribution is 5.95. The van der Waals surface area contributed by atoms with Crippen LogP contribution in [-0.2, 0) is 15.8 Å². The molecule has 1 saturated heterocycles. The maximum Gasteiger partial charge on any atom is 0.416 e. The lowest BCUT2D eigenvalue weighted by atomic mass is 10.1. The number of amides is 2. The molecule has 3 N–H and O–H groups in total. The van der Waals surface area contributed by atoms with Gasteiger partial charge in [-0.1, -0.05) is 0 Å². The Hall–Kier alpha value is -2.29. The summed E-state index contributed by atoms with van der Waals surface area (Å²) in [5.74, 6) is -0.541. The summed E-state index contributed by atoms with van der Waals surface area (Å²) in [6, 6.07) is 3.70. The molecule has 2 fully saturated rings. The maximum atomic E-state index is 13.1. The molecule has 0 aromatic heterocycles. The average molecular weight is 399 g/mol. The third kappa shape index (κ3) is 5.60. The van der Waals surface area contributed by atoms with Gasteiger partial charge in [-0.05, 0) is 43.9 Å². The van der Waals surface area contributed by atoms with Gasteiger partial charge < -0.3 is 20.4 Å². The summed E-state index contributed by atoms with van der Waals surface area (Å²) in [7, 11) is 1.71. The smallest absolute Gasteiger partial charge is 0.370 e. The molecule has 1 aliphatic carbocycles. The lowest BCUT2D eigenvalue weighted by Gasteiger charge is -2.23. The van der Waals surface area contributed by atoms with Crippen molar-refractivity contribution in [1.82, 2.24) is 5.32 Å². The number of carbonyl (C=O) groups is 2. The second-order valence-electron chi connectivity index (χ2n) is 7.62. The van der Waals surface area contributed by atoms with E-state index in [1.165, 1.54) is 6.07 Å². The Morgan fingerprint density at radius 2 is 1.79 bits per heavy atom. The van der Waals surface area contributed by atoms with Crippen LogP contribution in [0.3, 0.4) is 0 Å². The van der Waals surface area contributed by atoms with E-state index in [0.29, 0.717) is 10.6 Å². The molecule has 2 aliphatic rings. The van der Waals surface area contributed by atoms with Crippen LogP contribution < -0.4 is 20.4 Å². The Morgan fingerprint density at radius 1 is 1.14 bits per heavy atom. The number of anilines is 2. The van der Waals surface area contributed by atoms with Gasteiger partial charge in [-0.15, -0.1) is 0 Å². The van der Waals surface area contributed by atoms with Crippen LogP contribution in [-0.4, -0.2) is 51.1 Å². The average Bonchev–Trinajstić information content (AvgIpc) is 3.22. The van der Waals surface area contributed by atoms with Crippen LogP contribution >= 0.6 is 0 Å². The molecule has 28 heavy (non-hydrogen) atoms. The summed E-state index contributed by atoms with van der Waals surface area (Å²) in [6.45, 7) is 1.64. The van der Waals surface area contributed by atoms with E-state index in [9.17, 15) is 22.8 Å². The standard InChI is InChI=1S/C19H25F3N4O2/c1-25(11-17(27)23-14-5-6-14)12-18(28)24-15-10-13(19(20,21)22)4-7-16(15)26-8-2-3-9-26/h4,7,10,14H,2-3,5-6,8-9,11-12H2,1H3,(H,23,27)(H,24,28)/p+1. The molecule has 1 atom stereocenters. The monoisotopic (exact) mass is 399 g/mol. The first kappa shape index (κ1) is 20.4. The number of carbonyl (C=O) groups excluding carboxylic acids is 2. The van der Waals surface area contributed by atoms with E-state index in [2.05, 4.69) is 10.6 Å². The van der Waals surface area contributed by atoms with E-state index in [4.69, 9.17) is 0 Å². The highest BCUT2D eigenvalue weighted by Gasteiger charge is 2.32. The summed E-state index contributed by atoms with van der Waals surface area (Å²) < 4.78 is 39.3. The lowest BCUT2D eigenvalue weighted by molar-refractivity contribution is -0.862. The van der Waals surface area contributed by atoms with Gasteiger partial charge in [-0.25, -0.2) is 0 Å². The summed E-state index contributed by atoms with van der Waals surface area (Å²) >= 11 is 0. The van der Waals surface area contributed by atoms with Crippen molar-refractivity contribution in [3.63, 3.8) is 0 Å². The van der Waals surface area contributed by atoms with Gasteiger partial charge >= 0.3 is 6.18 Å². The SMILES string of the molecule is C[NH+](CC(=O)Nc1cc(C(F)(F)F)ccc1N1CCCC1)CC(=O)NC1CC1. The molecule has 1 aromatic rings. The molecule has 3 rings (SSSR count). The molecular weight excluding hydrogens is 373 g/mol. The minimum Gasteiger partial charge on any atom is -0.370 e. The fourth-order valence-corrected chi connectivity index (χ4v) is 3.36. The molecule has 1 saturated carbocycles. The van der Waals surface area contributed by atoms with Crippen molar-refractivity contribution in [1.29, 1.82) is 0 Å². The van der Waals surface area contributed by atoms with Gasteiger partial charge in [0.1, 0.15) is 0 Å². The molecule has 1 aliphatic heterocycles. The zero-order valence-corrected chi connectivity index (χ0v) is 15.9. The largest absolute Gasteiger partial charge is 0.416 e. The Balaban J connectivity index is 1.66. The number of hydrogen-bond donors (Lipinski definition) is 3. The van der Waals surface area contributed by atoms with Crippen LogP contribution in [0.1, 0.15) is 31.2 Å². The van der Waals surface area contributed by atoms with Crippen LogP contribution in [0.4, 0.5) is 24.5 Å². The third-order valence-corrected chi connectivity index (χ3v) is 4.91. The van der Waals surface area contributed by atoms with Gasteiger partial charge in [0.05, 0.1) is 24.0 Å². The highest BCUT2D eigenvalue weighted by atomic mass is 19.4. The van der Waals surface area contributed by atoms with Crippen molar-refractivity contribution >= 4 is 23.2 Å². The van der Waals surface area contributed by atoms with Gasteiger partial charge in [0.2, 0.25) is 0 Å². The molecular formula is C19H26F3N4O2+. The molecule has 2 amide bonds. The Morgan fingerprint density at radius 3 is 2.39 bits per heavy atom. The Kier molecular flexibility index (Phi) is 6.12. The van der Waals surface area contributed by atoms with Gasteiger partial charge in [0.25, 0.3) is 11.8 Å². The second kappa shape index (κ2) is 8.38. The number of nitrogens with one attached hydrogen (secondary N) is 3. The number of quaternary nitrogens is 1. The van der Waals surface area contributed by atoms with E-state index < -0.39 is 17.6 Å². The number of halogens is 3. The maximum absolute atomic E-state index is 13.1. The fraction of sp³-hybridized carbons (Fsp3) is 0.579. The molecule has 0 spiro atoms. The molecule has 1 aromatic carbocycles. The van der Waals surface area contributed by atoms with Crippen LogP contribution in [0.2, 0.25) is 0 Å². The van der Waals surface area contributed by atoms with Crippen LogP contribution in [0, 0.1) is 0 Å². The first-order valence-electron chi connectivity index (χ1n) is 9.59. The van der Waals surface area contributed by atoms with Crippen LogP contribution in [0.15, 0.2) is 18.2 Å². The first-order chi connectivity index (χ1) is 13.2. The molecule has 0 radical (unpaired) electrons. The molecule has 9 heteroatoms. The van der Waals surface area contributed by atoms with E-state index in [0.717, 1.165) is 50.9 Å². The van der Waals surface area contributed by atoms with Gasteiger partial charge in [-0.2, -0.15) is 13.2 Å². The van der Waals surface area contributed by atoms with Crippen molar-refractivity contribution in [2.75, 3.05) is 43.4 Å². The van der Waals surface area contributed by atoms with Gasteiger partial charge in [-0.3, -0.25) is 9.59 Å². The van der Waals surface area contributed by atoms with Crippen molar-refractivity contribution < 1.29 is 27.7 Å².